The van der Waals surface area contributed by atoms with Crippen LogP contribution in [0.2, 0.25) is 0 Å². The minimum atomic E-state index is -0.876. The fourth-order valence-electron chi connectivity index (χ4n) is 7.96. The number of carbonyl (C=O) groups excluding carboxylic acids is 4. The summed E-state index contributed by atoms with van der Waals surface area (Å²) in [4.78, 5) is 70.8. The first-order valence-corrected chi connectivity index (χ1v) is 20.6. The number of primary amides is 1. The lowest BCUT2D eigenvalue weighted by Gasteiger charge is -2.37. The van der Waals surface area contributed by atoms with Gasteiger partial charge < -0.3 is 36.2 Å². The quantitative estimate of drug-likeness (QED) is 0.202. The molecule has 5 atom stereocenters. The van der Waals surface area contributed by atoms with Crippen molar-refractivity contribution >= 4 is 40.8 Å². The molecule has 4 amide bonds. The molecule has 302 valence electrons. The maximum atomic E-state index is 14.1. The Labute approximate surface area is 333 Å². The third kappa shape index (κ3) is 10.1. The Morgan fingerprint density at radius 2 is 1.68 bits per heavy atom. The molecule has 1 unspecified atom stereocenters. The summed E-state index contributed by atoms with van der Waals surface area (Å²) in [5, 5.41) is 16.7. The van der Waals surface area contributed by atoms with E-state index in [9.17, 15) is 24.3 Å². The number of nitrogens with one attached hydrogen (secondary N) is 2. The third-order valence-electron chi connectivity index (χ3n) is 11.4. The molecule has 0 saturated carbocycles. The molecule has 6 rings (SSSR count). The smallest absolute Gasteiger partial charge is 0.250 e. The van der Waals surface area contributed by atoms with Crippen LogP contribution in [0, 0.1) is 18.3 Å². The molecule has 1 aromatic carbocycles. The minimum Gasteiger partial charge on any atom is -0.391 e. The lowest BCUT2D eigenvalue weighted by Crippen LogP contribution is -2.59. The summed E-state index contributed by atoms with van der Waals surface area (Å²) in [5.74, 6) is 0.0189. The van der Waals surface area contributed by atoms with Crippen LogP contribution in [0.3, 0.4) is 0 Å². The molecule has 3 aromatic rings. The van der Waals surface area contributed by atoms with Gasteiger partial charge in [0.2, 0.25) is 23.6 Å². The van der Waals surface area contributed by atoms with Crippen LogP contribution in [0.4, 0.5) is 5.82 Å². The lowest BCUT2D eigenvalue weighted by atomic mass is 9.85. The number of thiazole rings is 1. The predicted octanol–water partition coefficient (Wildman–Crippen LogP) is 2.82. The van der Waals surface area contributed by atoms with Gasteiger partial charge in [-0.1, -0.05) is 45.0 Å². The van der Waals surface area contributed by atoms with E-state index in [2.05, 4.69) is 35.3 Å². The standard InChI is InChI=1S/C41H57N9O5S/c1-26(29-6-8-30(9-7-29)36-27(2)44-25-56-36)45-39(54)33-20-32(51)23-50(33)40(55)37(41(3,4)5)46-35(52)24-48-18-16-47(17-19-48)14-12-28-13-15-49(22-28)34-11-10-31(21-43-34)38(42)53/h6-11,21,25-26,28,32-33,37,51H,12-20,22-24H2,1-5H3,(H2,42,53)(H,45,54)(H,46,52)/t26-,28?,32+,33-,37+/m0/s1. The number of nitrogens with two attached hydrogens (primary N) is 1. The number of aromatic nitrogens is 2. The van der Waals surface area contributed by atoms with Gasteiger partial charge in [-0.15, -0.1) is 11.3 Å². The summed E-state index contributed by atoms with van der Waals surface area (Å²) < 4.78 is 0. The van der Waals surface area contributed by atoms with Crippen LogP contribution >= 0.6 is 11.3 Å². The van der Waals surface area contributed by atoms with Crippen LogP contribution in [-0.2, 0) is 14.4 Å². The van der Waals surface area contributed by atoms with Crippen molar-refractivity contribution in [3.8, 4) is 10.4 Å². The summed E-state index contributed by atoms with van der Waals surface area (Å²) in [6, 6.07) is 9.54. The number of benzene rings is 1. The van der Waals surface area contributed by atoms with E-state index in [1.807, 2.05) is 70.5 Å². The maximum Gasteiger partial charge on any atom is 0.250 e. The fraction of sp³-hybridized carbons (Fsp3) is 0.561. The minimum absolute atomic E-state index is 0.0262. The first-order chi connectivity index (χ1) is 26.7. The Balaban J connectivity index is 0.963. The van der Waals surface area contributed by atoms with Crippen LogP contribution in [0.15, 0.2) is 48.1 Å². The lowest BCUT2D eigenvalue weighted by molar-refractivity contribution is -0.144. The van der Waals surface area contributed by atoms with Gasteiger partial charge in [0, 0.05) is 58.4 Å². The molecule has 5 heterocycles. The topological polar surface area (TPSA) is 177 Å². The van der Waals surface area contributed by atoms with Gasteiger partial charge in [-0.3, -0.25) is 24.1 Å². The van der Waals surface area contributed by atoms with E-state index in [0.717, 1.165) is 86.2 Å². The molecule has 56 heavy (non-hydrogen) atoms. The number of carbonyl (C=O) groups is 4. The number of hydrogen-bond donors (Lipinski definition) is 4. The van der Waals surface area contributed by atoms with Gasteiger partial charge in [0.15, 0.2) is 0 Å². The second-order valence-electron chi connectivity index (χ2n) is 16.7. The van der Waals surface area contributed by atoms with Crippen molar-refractivity contribution in [3.63, 3.8) is 0 Å². The third-order valence-corrected chi connectivity index (χ3v) is 12.4. The first kappa shape index (κ1) is 41.2. The number of likely N-dealkylation sites (tertiary alicyclic amines) is 1. The average Bonchev–Trinajstić information content (AvgIpc) is 3.93. The molecule has 15 heteroatoms. The summed E-state index contributed by atoms with van der Waals surface area (Å²) in [7, 11) is 0. The molecule has 0 bridgehead atoms. The van der Waals surface area contributed by atoms with E-state index in [1.165, 1.54) is 11.1 Å². The number of amides is 4. The normalized spacial score (nSPS) is 21.9. The summed E-state index contributed by atoms with van der Waals surface area (Å²) >= 11 is 1.59. The number of nitrogens with zero attached hydrogens (tertiary/aromatic N) is 6. The Morgan fingerprint density at radius 3 is 2.30 bits per heavy atom. The number of rotatable bonds is 13. The number of β-amino-alcohol motifs (C(OH)–C–C–N with tert-alkyl or cyclic N) is 1. The number of aliphatic hydroxyl groups is 1. The first-order valence-electron chi connectivity index (χ1n) is 19.7. The van der Waals surface area contributed by atoms with Crippen molar-refractivity contribution in [2.75, 3.05) is 63.8 Å². The Bertz CT molecular complexity index is 1840. The van der Waals surface area contributed by atoms with Crippen molar-refractivity contribution in [2.24, 2.45) is 17.1 Å². The SMILES string of the molecule is Cc1ncsc1-c1ccc([C@H](C)NC(=O)[C@@H]2C[C@@H](O)CN2C(=O)[C@@H](NC(=O)CN2CCN(CCC3CCN(c4ccc(C(N)=O)cn4)C3)CC2)C(C)(C)C)cc1. The van der Waals surface area contributed by atoms with Crippen molar-refractivity contribution < 1.29 is 24.3 Å². The summed E-state index contributed by atoms with van der Waals surface area (Å²) in [5.41, 5.74) is 9.91. The fourth-order valence-corrected chi connectivity index (χ4v) is 8.77. The number of pyridine rings is 1. The molecule has 3 saturated heterocycles. The molecule has 3 aliphatic heterocycles. The average molecular weight is 788 g/mol. The molecule has 2 aromatic heterocycles. The van der Waals surface area contributed by atoms with Crippen LogP contribution in [0.25, 0.3) is 10.4 Å². The molecule has 5 N–H and O–H groups in total. The van der Waals surface area contributed by atoms with E-state index in [4.69, 9.17) is 5.73 Å². The highest BCUT2D eigenvalue weighted by Crippen LogP contribution is 2.30. The largest absolute Gasteiger partial charge is 0.391 e. The van der Waals surface area contributed by atoms with Crippen molar-refractivity contribution in [2.45, 2.75) is 78.1 Å². The molecule has 14 nitrogen and oxygen atoms in total. The summed E-state index contributed by atoms with van der Waals surface area (Å²) in [6.07, 6.45) is 3.00. The van der Waals surface area contributed by atoms with E-state index in [-0.39, 0.29) is 43.3 Å². The number of aryl methyl sites for hydroxylation is 1. The van der Waals surface area contributed by atoms with Crippen LogP contribution in [-0.4, -0.2) is 130 Å². The van der Waals surface area contributed by atoms with Gasteiger partial charge >= 0.3 is 0 Å². The number of piperazine rings is 1. The highest BCUT2D eigenvalue weighted by Gasteiger charge is 2.45. The molecule has 0 radical (unpaired) electrons. The molecule has 3 fully saturated rings. The van der Waals surface area contributed by atoms with Crippen molar-refractivity contribution in [1.82, 2.24) is 35.3 Å². The van der Waals surface area contributed by atoms with Crippen LogP contribution in [0.5, 0.6) is 0 Å². The molecular weight excluding hydrogens is 731 g/mol. The van der Waals surface area contributed by atoms with Gasteiger partial charge in [0.05, 0.1) is 40.3 Å². The predicted molar refractivity (Wildman–Crippen MR) is 217 cm³/mol. The van der Waals surface area contributed by atoms with E-state index >= 15 is 0 Å². The van der Waals surface area contributed by atoms with E-state index in [1.54, 1.807) is 17.4 Å². The monoisotopic (exact) mass is 787 g/mol. The second kappa shape index (κ2) is 17.8. The van der Waals surface area contributed by atoms with Crippen molar-refractivity contribution in [3.05, 3.63) is 64.9 Å². The second-order valence-corrected chi connectivity index (χ2v) is 17.5. The van der Waals surface area contributed by atoms with Crippen LogP contribution in [0.1, 0.15) is 74.6 Å². The van der Waals surface area contributed by atoms with Gasteiger partial charge in [0.25, 0.3) is 0 Å². The Morgan fingerprint density at radius 1 is 0.964 bits per heavy atom. The Hall–Kier alpha value is -4.44. The highest BCUT2D eigenvalue weighted by molar-refractivity contribution is 7.13. The summed E-state index contributed by atoms with van der Waals surface area (Å²) in [6.45, 7) is 15.9. The zero-order chi connectivity index (χ0) is 40.1. The number of anilines is 1. The van der Waals surface area contributed by atoms with Crippen molar-refractivity contribution in [1.29, 1.82) is 0 Å². The van der Waals surface area contributed by atoms with Gasteiger partial charge in [-0.2, -0.15) is 0 Å². The molecule has 0 spiro atoms. The van der Waals surface area contributed by atoms with Gasteiger partial charge in [-0.25, -0.2) is 9.97 Å². The highest BCUT2D eigenvalue weighted by atomic mass is 32.1. The molecular formula is C41H57N9O5S. The molecule has 0 aliphatic carbocycles. The zero-order valence-electron chi connectivity index (χ0n) is 33.2. The number of hydrogen-bond acceptors (Lipinski definition) is 11. The number of aliphatic hydroxyl groups excluding tert-OH is 1. The van der Waals surface area contributed by atoms with E-state index in [0.29, 0.717) is 11.5 Å². The Kier molecular flexibility index (Phi) is 13.1. The van der Waals surface area contributed by atoms with Gasteiger partial charge in [0.1, 0.15) is 17.9 Å². The molecule has 3 aliphatic rings. The van der Waals surface area contributed by atoms with E-state index < -0.39 is 29.5 Å². The van der Waals surface area contributed by atoms with Crippen LogP contribution < -0.4 is 21.3 Å². The zero-order valence-corrected chi connectivity index (χ0v) is 34.1. The maximum absolute atomic E-state index is 14.1. The van der Waals surface area contributed by atoms with Gasteiger partial charge in [-0.05, 0) is 67.8 Å².